The summed E-state index contributed by atoms with van der Waals surface area (Å²) in [7, 11) is 1.54. The van der Waals surface area contributed by atoms with Gasteiger partial charge in [-0.25, -0.2) is 0 Å². The maximum Gasteiger partial charge on any atom is 0.267 e. The Morgan fingerprint density at radius 3 is 2.28 bits per heavy atom. The molecule has 0 aliphatic heterocycles. The molecule has 0 fully saturated rings. The number of carbonyl (C=O) groups excluding carboxylic acids is 2. The van der Waals surface area contributed by atoms with Crippen molar-refractivity contribution >= 4 is 28.7 Å². The van der Waals surface area contributed by atoms with Crippen molar-refractivity contribution in [3.05, 3.63) is 89.6 Å². The number of hydrogen-bond acceptors (Lipinski definition) is 2. The first kappa shape index (κ1) is 16.5. The number of amides is 2. The molecule has 3 rings (SSSR count). The Labute approximate surface area is 146 Å². The van der Waals surface area contributed by atoms with E-state index in [0.717, 1.165) is 16.3 Å². The molecule has 0 unspecified atom stereocenters. The van der Waals surface area contributed by atoms with Crippen LogP contribution in [0.25, 0.3) is 16.8 Å². The lowest BCUT2D eigenvalue weighted by atomic mass is 10.0. The molecule has 0 bridgehead atoms. The van der Waals surface area contributed by atoms with Gasteiger partial charge < -0.3 is 10.6 Å². The van der Waals surface area contributed by atoms with Crippen molar-refractivity contribution in [2.24, 2.45) is 0 Å². The van der Waals surface area contributed by atoms with Crippen LogP contribution < -0.4 is 10.6 Å². The highest BCUT2D eigenvalue weighted by atomic mass is 16.2. The predicted octanol–water partition coefficient (Wildman–Crippen LogP) is 3.36. The summed E-state index contributed by atoms with van der Waals surface area (Å²) in [6.45, 7) is 0. The Bertz CT molecular complexity index is 941. The third kappa shape index (κ3) is 3.75. The lowest BCUT2D eigenvalue weighted by Gasteiger charge is -2.10. The first-order chi connectivity index (χ1) is 12.2. The van der Waals surface area contributed by atoms with E-state index in [1.54, 1.807) is 30.3 Å². The van der Waals surface area contributed by atoms with E-state index in [2.05, 4.69) is 10.6 Å². The summed E-state index contributed by atoms with van der Waals surface area (Å²) in [5, 5.41) is 7.36. The topological polar surface area (TPSA) is 58.2 Å². The Morgan fingerprint density at radius 2 is 1.52 bits per heavy atom. The quantitative estimate of drug-likeness (QED) is 0.721. The Morgan fingerprint density at radius 1 is 0.840 bits per heavy atom. The van der Waals surface area contributed by atoms with Crippen molar-refractivity contribution in [3.63, 3.8) is 0 Å². The van der Waals surface area contributed by atoms with Crippen molar-refractivity contribution in [1.29, 1.82) is 0 Å². The zero-order chi connectivity index (χ0) is 17.6. The summed E-state index contributed by atoms with van der Waals surface area (Å²) in [5.41, 5.74) is 1.56. The van der Waals surface area contributed by atoms with Gasteiger partial charge in [-0.2, -0.15) is 0 Å². The van der Waals surface area contributed by atoms with Gasteiger partial charge in [-0.15, -0.1) is 0 Å². The molecule has 3 aromatic carbocycles. The third-order valence-corrected chi connectivity index (χ3v) is 3.88. The SMILES string of the molecule is CNC(=O)/C(=C\c1cccc2ccccc12)NC(=O)c1ccccc1. The van der Waals surface area contributed by atoms with E-state index >= 15 is 0 Å². The molecule has 2 N–H and O–H groups in total. The number of benzene rings is 3. The fourth-order valence-electron chi connectivity index (χ4n) is 2.61. The van der Waals surface area contributed by atoms with Crippen LogP contribution in [0.15, 0.2) is 78.5 Å². The Hall–Kier alpha value is -3.40. The Balaban J connectivity index is 1.99. The van der Waals surface area contributed by atoms with Crippen LogP contribution in [0.2, 0.25) is 0 Å². The second kappa shape index (κ2) is 7.45. The van der Waals surface area contributed by atoms with Gasteiger partial charge in [0.05, 0.1) is 0 Å². The number of hydrogen-bond donors (Lipinski definition) is 2. The average molecular weight is 330 g/mol. The van der Waals surface area contributed by atoms with Crippen LogP contribution in [0.1, 0.15) is 15.9 Å². The summed E-state index contributed by atoms with van der Waals surface area (Å²) < 4.78 is 0. The summed E-state index contributed by atoms with van der Waals surface area (Å²) in [6, 6.07) is 22.6. The average Bonchev–Trinajstić information content (AvgIpc) is 2.67. The van der Waals surface area contributed by atoms with E-state index in [-0.39, 0.29) is 17.5 Å². The van der Waals surface area contributed by atoms with Crippen molar-refractivity contribution < 1.29 is 9.59 Å². The van der Waals surface area contributed by atoms with Crippen molar-refractivity contribution in [1.82, 2.24) is 10.6 Å². The molecule has 0 saturated carbocycles. The highest BCUT2D eigenvalue weighted by molar-refractivity contribution is 6.06. The second-order valence-electron chi connectivity index (χ2n) is 5.53. The standard InChI is InChI=1S/C21H18N2O2/c1-22-21(25)19(23-20(24)16-9-3-2-4-10-16)14-17-12-7-11-15-8-5-6-13-18(15)17/h2-14H,1H3,(H,22,25)(H,23,24)/b19-14+. The number of carbonyl (C=O) groups is 2. The number of likely N-dealkylation sites (N-methyl/N-ethyl adjacent to an activating group) is 1. The molecule has 0 saturated heterocycles. The fraction of sp³-hybridized carbons (Fsp3) is 0.0476. The van der Waals surface area contributed by atoms with Gasteiger partial charge in [-0.1, -0.05) is 60.7 Å². The summed E-state index contributed by atoms with van der Waals surface area (Å²) in [4.78, 5) is 24.6. The molecule has 0 spiro atoms. The molecule has 4 heteroatoms. The van der Waals surface area contributed by atoms with Gasteiger partial charge >= 0.3 is 0 Å². The maximum absolute atomic E-state index is 12.4. The van der Waals surface area contributed by atoms with Gasteiger partial charge in [0, 0.05) is 12.6 Å². The Kier molecular flexibility index (Phi) is 4.90. The fourth-order valence-corrected chi connectivity index (χ4v) is 2.61. The first-order valence-electron chi connectivity index (χ1n) is 7.97. The highest BCUT2D eigenvalue weighted by Crippen LogP contribution is 2.20. The third-order valence-electron chi connectivity index (χ3n) is 3.88. The second-order valence-corrected chi connectivity index (χ2v) is 5.53. The number of fused-ring (bicyclic) bond motifs is 1. The van der Waals surface area contributed by atoms with Crippen LogP contribution in [0.3, 0.4) is 0 Å². The van der Waals surface area contributed by atoms with E-state index in [1.807, 2.05) is 48.5 Å². The first-order valence-corrected chi connectivity index (χ1v) is 7.97. The molecule has 0 aromatic heterocycles. The molecule has 4 nitrogen and oxygen atoms in total. The molecule has 0 radical (unpaired) electrons. The van der Waals surface area contributed by atoms with Gasteiger partial charge in [-0.3, -0.25) is 9.59 Å². The number of nitrogens with one attached hydrogen (secondary N) is 2. The minimum Gasteiger partial charge on any atom is -0.354 e. The lowest BCUT2D eigenvalue weighted by molar-refractivity contribution is -0.117. The van der Waals surface area contributed by atoms with Crippen LogP contribution in [0.5, 0.6) is 0 Å². The van der Waals surface area contributed by atoms with E-state index in [1.165, 1.54) is 7.05 Å². The van der Waals surface area contributed by atoms with E-state index < -0.39 is 0 Å². The zero-order valence-corrected chi connectivity index (χ0v) is 13.8. The van der Waals surface area contributed by atoms with Gasteiger partial charge in [0.1, 0.15) is 5.70 Å². The van der Waals surface area contributed by atoms with E-state index in [4.69, 9.17) is 0 Å². The molecule has 0 heterocycles. The molecular formula is C21H18N2O2. The van der Waals surface area contributed by atoms with Gasteiger partial charge in [-0.05, 0) is 34.5 Å². The van der Waals surface area contributed by atoms with Crippen LogP contribution in [0, 0.1) is 0 Å². The van der Waals surface area contributed by atoms with Crippen LogP contribution in [-0.2, 0) is 4.79 Å². The monoisotopic (exact) mass is 330 g/mol. The molecule has 3 aromatic rings. The van der Waals surface area contributed by atoms with Gasteiger partial charge in [0.25, 0.3) is 11.8 Å². The van der Waals surface area contributed by atoms with Crippen LogP contribution in [-0.4, -0.2) is 18.9 Å². The molecule has 25 heavy (non-hydrogen) atoms. The summed E-state index contributed by atoms with van der Waals surface area (Å²) in [5.74, 6) is -0.673. The lowest BCUT2D eigenvalue weighted by Crippen LogP contribution is -2.33. The van der Waals surface area contributed by atoms with E-state index in [9.17, 15) is 9.59 Å². The largest absolute Gasteiger partial charge is 0.354 e. The molecule has 0 aliphatic rings. The van der Waals surface area contributed by atoms with Crippen molar-refractivity contribution in [2.45, 2.75) is 0 Å². The molecular weight excluding hydrogens is 312 g/mol. The molecule has 0 aliphatic carbocycles. The molecule has 2 amide bonds. The van der Waals surface area contributed by atoms with Crippen molar-refractivity contribution in [2.75, 3.05) is 7.05 Å². The summed E-state index contributed by atoms with van der Waals surface area (Å²) >= 11 is 0. The van der Waals surface area contributed by atoms with Crippen LogP contribution in [0.4, 0.5) is 0 Å². The van der Waals surface area contributed by atoms with Gasteiger partial charge in [0.15, 0.2) is 0 Å². The van der Waals surface area contributed by atoms with E-state index in [0.29, 0.717) is 5.56 Å². The minimum absolute atomic E-state index is 0.202. The number of rotatable bonds is 4. The highest BCUT2D eigenvalue weighted by Gasteiger charge is 2.13. The molecule has 0 atom stereocenters. The van der Waals surface area contributed by atoms with Crippen molar-refractivity contribution in [3.8, 4) is 0 Å². The summed E-state index contributed by atoms with van der Waals surface area (Å²) in [6.07, 6.45) is 1.70. The molecule has 124 valence electrons. The van der Waals surface area contributed by atoms with Crippen LogP contribution >= 0.6 is 0 Å². The predicted molar refractivity (Wildman–Crippen MR) is 99.9 cm³/mol. The minimum atomic E-state index is -0.350. The zero-order valence-electron chi connectivity index (χ0n) is 13.8. The normalized spacial score (nSPS) is 11.2. The van der Waals surface area contributed by atoms with Gasteiger partial charge in [0.2, 0.25) is 0 Å². The maximum atomic E-state index is 12.4. The smallest absolute Gasteiger partial charge is 0.267 e.